The summed E-state index contributed by atoms with van der Waals surface area (Å²) in [5.41, 5.74) is 1.23. The van der Waals surface area contributed by atoms with Crippen LogP contribution in [0.5, 0.6) is 5.88 Å². The molecule has 0 saturated heterocycles. The number of ether oxygens (including phenoxy) is 1. The number of hydrogen-bond acceptors (Lipinski definition) is 3. The Morgan fingerprint density at radius 1 is 1.35 bits per heavy atom. The molecule has 0 amide bonds. The van der Waals surface area contributed by atoms with Crippen LogP contribution in [0.2, 0.25) is 0 Å². The van der Waals surface area contributed by atoms with Crippen molar-refractivity contribution < 1.29 is 4.74 Å². The quantitative estimate of drug-likeness (QED) is 0.702. The van der Waals surface area contributed by atoms with Crippen LogP contribution in [-0.4, -0.2) is 17.6 Å². The van der Waals surface area contributed by atoms with Gasteiger partial charge in [-0.1, -0.05) is 25.8 Å². The number of pyridine rings is 1. The van der Waals surface area contributed by atoms with Crippen molar-refractivity contribution in [3.8, 4) is 5.88 Å². The first-order chi connectivity index (χ1) is 8.38. The lowest BCUT2D eigenvalue weighted by atomic mass is 10.2. The van der Waals surface area contributed by atoms with Gasteiger partial charge in [0.25, 0.3) is 0 Å². The molecule has 1 fully saturated rings. The van der Waals surface area contributed by atoms with Crippen LogP contribution in [-0.2, 0) is 6.54 Å². The van der Waals surface area contributed by atoms with Crippen LogP contribution in [0.1, 0.15) is 44.6 Å². The molecule has 1 heterocycles. The Morgan fingerprint density at radius 2 is 2.24 bits per heavy atom. The maximum Gasteiger partial charge on any atom is 0.213 e. The molecule has 0 spiro atoms. The first kappa shape index (κ1) is 12.4. The fourth-order valence-electron chi connectivity index (χ4n) is 1.68. The van der Waals surface area contributed by atoms with Crippen LogP contribution < -0.4 is 10.1 Å². The zero-order valence-corrected chi connectivity index (χ0v) is 10.6. The standard InChI is InChI=1S/C14H22N2O/c1-2-3-4-9-17-14-8-5-12(11-16-14)10-15-13-6-7-13/h5,8,11,13,15H,2-4,6-7,9-10H2,1H3. The second kappa shape index (κ2) is 6.60. The van der Waals surface area contributed by atoms with Gasteiger partial charge >= 0.3 is 0 Å². The Balaban J connectivity index is 1.68. The van der Waals surface area contributed by atoms with E-state index in [9.17, 15) is 0 Å². The summed E-state index contributed by atoms with van der Waals surface area (Å²) in [6.45, 7) is 3.90. The zero-order chi connectivity index (χ0) is 11.9. The first-order valence-corrected chi connectivity index (χ1v) is 6.69. The number of nitrogens with zero attached hydrogens (tertiary/aromatic N) is 1. The van der Waals surface area contributed by atoms with Crippen molar-refractivity contribution >= 4 is 0 Å². The molecule has 94 valence electrons. The van der Waals surface area contributed by atoms with E-state index in [0.29, 0.717) is 0 Å². The van der Waals surface area contributed by atoms with Gasteiger partial charge in [-0.2, -0.15) is 0 Å². The predicted molar refractivity (Wildman–Crippen MR) is 69.1 cm³/mol. The third-order valence-electron chi connectivity index (χ3n) is 2.97. The van der Waals surface area contributed by atoms with Gasteiger partial charge in [0.1, 0.15) is 0 Å². The topological polar surface area (TPSA) is 34.1 Å². The third kappa shape index (κ3) is 4.73. The minimum Gasteiger partial charge on any atom is -0.478 e. The van der Waals surface area contributed by atoms with E-state index in [4.69, 9.17) is 4.74 Å². The molecule has 1 aromatic heterocycles. The lowest BCUT2D eigenvalue weighted by Crippen LogP contribution is -2.15. The average Bonchev–Trinajstić information content (AvgIpc) is 3.18. The molecule has 3 heteroatoms. The molecule has 3 nitrogen and oxygen atoms in total. The molecule has 0 atom stereocenters. The predicted octanol–water partition coefficient (Wildman–Crippen LogP) is 2.90. The highest BCUT2D eigenvalue weighted by atomic mass is 16.5. The summed E-state index contributed by atoms with van der Waals surface area (Å²) in [5, 5.41) is 3.47. The molecule has 0 unspecified atom stereocenters. The van der Waals surface area contributed by atoms with Gasteiger partial charge in [0.15, 0.2) is 0 Å². The molecule has 1 saturated carbocycles. The summed E-state index contributed by atoms with van der Waals surface area (Å²) in [7, 11) is 0. The maximum absolute atomic E-state index is 5.57. The number of unbranched alkanes of at least 4 members (excludes halogenated alkanes) is 2. The van der Waals surface area contributed by atoms with E-state index in [1.165, 1.54) is 31.2 Å². The molecule has 1 aliphatic rings. The van der Waals surface area contributed by atoms with Crippen molar-refractivity contribution in [2.24, 2.45) is 0 Å². The van der Waals surface area contributed by atoms with Crippen molar-refractivity contribution in [1.82, 2.24) is 10.3 Å². The van der Waals surface area contributed by atoms with Crippen LogP contribution >= 0.6 is 0 Å². The highest BCUT2D eigenvalue weighted by Gasteiger charge is 2.19. The Hall–Kier alpha value is -1.09. The lowest BCUT2D eigenvalue weighted by Gasteiger charge is -2.06. The van der Waals surface area contributed by atoms with Gasteiger partial charge in [0.05, 0.1) is 6.61 Å². The van der Waals surface area contributed by atoms with Gasteiger partial charge in [-0.3, -0.25) is 0 Å². The number of nitrogens with one attached hydrogen (secondary N) is 1. The van der Waals surface area contributed by atoms with Crippen LogP contribution in [0.25, 0.3) is 0 Å². The Labute approximate surface area is 104 Å². The second-order valence-electron chi connectivity index (χ2n) is 4.72. The zero-order valence-electron chi connectivity index (χ0n) is 10.6. The summed E-state index contributed by atoms with van der Waals surface area (Å²) in [4.78, 5) is 4.31. The van der Waals surface area contributed by atoms with Crippen molar-refractivity contribution in [3.63, 3.8) is 0 Å². The largest absolute Gasteiger partial charge is 0.478 e. The average molecular weight is 234 g/mol. The van der Waals surface area contributed by atoms with Gasteiger partial charge in [0.2, 0.25) is 5.88 Å². The molecule has 1 aromatic rings. The molecule has 0 bridgehead atoms. The first-order valence-electron chi connectivity index (χ1n) is 6.69. The fourth-order valence-corrected chi connectivity index (χ4v) is 1.68. The molecule has 2 rings (SSSR count). The minimum absolute atomic E-state index is 0.747. The molecule has 0 aromatic carbocycles. The molecule has 1 N–H and O–H groups in total. The van der Waals surface area contributed by atoms with Gasteiger partial charge in [0, 0.05) is 24.8 Å². The molecule has 17 heavy (non-hydrogen) atoms. The SMILES string of the molecule is CCCCCOc1ccc(CNC2CC2)cn1. The van der Waals surface area contributed by atoms with E-state index in [1.54, 1.807) is 0 Å². The van der Waals surface area contributed by atoms with Crippen molar-refractivity contribution in [2.45, 2.75) is 51.6 Å². The highest BCUT2D eigenvalue weighted by molar-refractivity contribution is 5.17. The maximum atomic E-state index is 5.57. The van der Waals surface area contributed by atoms with Crippen molar-refractivity contribution in [1.29, 1.82) is 0 Å². The number of aromatic nitrogens is 1. The Bertz CT molecular complexity index is 319. The lowest BCUT2D eigenvalue weighted by molar-refractivity contribution is 0.295. The van der Waals surface area contributed by atoms with Crippen LogP contribution in [0, 0.1) is 0 Å². The van der Waals surface area contributed by atoms with Gasteiger partial charge in [-0.15, -0.1) is 0 Å². The van der Waals surface area contributed by atoms with Crippen LogP contribution in [0.4, 0.5) is 0 Å². The summed E-state index contributed by atoms with van der Waals surface area (Å²) in [6, 6.07) is 4.81. The van der Waals surface area contributed by atoms with Crippen LogP contribution in [0.3, 0.4) is 0 Å². The fraction of sp³-hybridized carbons (Fsp3) is 0.643. The number of rotatable bonds is 8. The van der Waals surface area contributed by atoms with E-state index >= 15 is 0 Å². The summed E-state index contributed by atoms with van der Waals surface area (Å²) in [5.74, 6) is 0.747. The van der Waals surface area contributed by atoms with Gasteiger partial charge in [-0.05, 0) is 24.8 Å². The summed E-state index contributed by atoms with van der Waals surface area (Å²) in [6.07, 6.45) is 8.12. The number of hydrogen-bond donors (Lipinski definition) is 1. The van der Waals surface area contributed by atoms with Crippen LogP contribution in [0.15, 0.2) is 18.3 Å². The normalized spacial score (nSPS) is 14.9. The summed E-state index contributed by atoms with van der Waals surface area (Å²) >= 11 is 0. The molecule has 0 aliphatic heterocycles. The smallest absolute Gasteiger partial charge is 0.213 e. The molecular weight excluding hydrogens is 212 g/mol. The van der Waals surface area contributed by atoms with E-state index in [-0.39, 0.29) is 0 Å². The Kier molecular flexibility index (Phi) is 4.80. The van der Waals surface area contributed by atoms with Crippen molar-refractivity contribution in [3.05, 3.63) is 23.9 Å². The highest BCUT2D eigenvalue weighted by Crippen LogP contribution is 2.19. The monoisotopic (exact) mass is 234 g/mol. The minimum atomic E-state index is 0.747. The molecule has 0 radical (unpaired) electrons. The van der Waals surface area contributed by atoms with E-state index < -0.39 is 0 Å². The third-order valence-corrected chi connectivity index (χ3v) is 2.97. The molecule has 1 aliphatic carbocycles. The molecular formula is C14H22N2O. The van der Waals surface area contributed by atoms with Gasteiger partial charge < -0.3 is 10.1 Å². The Morgan fingerprint density at radius 3 is 2.88 bits per heavy atom. The van der Waals surface area contributed by atoms with E-state index in [2.05, 4.69) is 23.3 Å². The van der Waals surface area contributed by atoms with Gasteiger partial charge in [-0.25, -0.2) is 4.98 Å². The summed E-state index contributed by atoms with van der Waals surface area (Å²) < 4.78 is 5.57. The van der Waals surface area contributed by atoms with E-state index in [1.807, 2.05) is 12.3 Å². The van der Waals surface area contributed by atoms with E-state index in [0.717, 1.165) is 31.5 Å². The van der Waals surface area contributed by atoms with Crippen molar-refractivity contribution in [2.75, 3.05) is 6.61 Å². The second-order valence-corrected chi connectivity index (χ2v) is 4.72.